The number of aryl methyl sites for hydroxylation is 1. The monoisotopic (exact) mass is 390 g/mol. The van der Waals surface area contributed by atoms with E-state index in [9.17, 15) is 9.59 Å². The zero-order valence-electron chi connectivity index (χ0n) is 16.9. The van der Waals surface area contributed by atoms with Crippen molar-refractivity contribution in [2.45, 2.75) is 59.3 Å². The van der Waals surface area contributed by atoms with E-state index < -0.39 is 17.7 Å². The van der Waals surface area contributed by atoms with Gasteiger partial charge in [-0.2, -0.15) is 4.57 Å². The van der Waals surface area contributed by atoms with E-state index in [0.29, 0.717) is 50.7 Å². The smallest absolute Gasteiger partial charge is 0.411 e. The van der Waals surface area contributed by atoms with Crippen molar-refractivity contribution >= 4 is 11.9 Å². The molecule has 1 aromatic rings. The number of hydrogen-bond donors (Lipinski definition) is 0. The molecule has 7 heteroatoms. The van der Waals surface area contributed by atoms with Gasteiger partial charge in [-0.05, 0) is 11.5 Å². The van der Waals surface area contributed by atoms with Crippen molar-refractivity contribution in [1.82, 2.24) is 0 Å². The zero-order valence-corrected chi connectivity index (χ0v) is 16.9. The first-order valence-electron chi connectivity index (χ1n) is 9.68. The second kappa shape index (κ2) is 7.81. The third kappa shape index (κ3) is 4.46. The number of pyridine rings is 1. The molecule has 0 saturated carbocycles. The number of hydrogen-bond acceptors (Lipinski definition) is 6. The number of nitrogens with zero attached hydrogens (tertiary/aromatic N) is 1. The Bertz CT molecular complexity index is 773. The molecule has 3 heterocycles. The molecular weight excluding hydrogens is 362 g/mol. The first-order valence-corrected chi connectivity index (χ1v) is 9.68. The van der Waals surface area contributed by atoms with Crippen LogP contribution in [-0.2, 0) is 25.6 Å². The Morgan fingerprint density at radius 3 is 2.46 bits per heavy atom. The van der Waals surface area contributed by atoms with Gasteiger partial charge in [0.25, 0.3) is 5.79 Å². The number of rotatable bonds is 5. The predicted octanol–water partition coefficient (Wildman–Crippen LogP) is 2.70. The molecule has 1 aromatic heterocycles. The van der Waals surface area contributed by atoms with Crippen LogP contribution in [0.25, 0.3) is 0 Å². The molecule has 0 aromatic carbocycles. The van der Waals surface area contributed by atoms with E-state index in [1.54, 1.807) is 6.08 Å². The van der Waals surface area contributed by atoms with Crippen molar-refractivity contribution in [3.05, 3.63) is 30.0 Å². The molecule has 1 saturated heterocycles. The number of carbonyl (C=O) groups excluding carboxylic acids is 2. The van der Waals surface area contributed by atoms with Crippen LogP contribution in [0, 0.1) is 5.41 Å². The highest BCUT2D eigenvalue weighted by Gasteiger charge is 2.46. The second-order valence-corrected chi connectivity index (χ2v) is 8.26. The van der Waals surface area contributed by atoms with Gasteiger partial charge in [-0.25, -0.2) is 9.59 Å². The first kappa shape index (κ1) is 20.2. The Kier molecular flexibility index (Phi) is 5.63. The lowest BCUT2D eigenvalue weighted by atomic mass is 9.86. The van der Waals surface area contributed by atoms with Crippen LogP contribution in [0.15, 0.2) is 30.0 Å². The standard InChI is InChI=1S/C21H28NO6/c1-5-21(14-20(2,3)4)27-18(23)15(19(24)28-21)8-6-10-22-11-7-9-16-17(22)26-13-12-25-16/h7-9,11H,5-6,10,12-14H2,1-4H3/q+1. The Morgan fingerprint density at radius 1 is 1.14 bits per heavy atom. The van der Waals surface area contributed by atoms with Gasteiger partial charge < -0.3 is 18.9 Å². The van der Waals surface area contributed by atoms with E-state index in [2.05, 4.69) is 0 Å². The lowest BCUT2D eigenvalue weighted by Crippen LogP contribution is -2.48. The van der Waals surface area contributed by atoms with E-state index in [0.717, 1.165) is 0 Å². The van der Waals surface area contributed by atoms with Gasteiger partial charge in [-0.15, -0.1) is 0 Å². The summed E-state index contributed by atoms with van der Waals surface area (Å²) in [6, 6.07) is 3.71. The number of cyclic esters (lactones) is 2. The highest BCUT2D eigenvalue weighted by molar-refractivity contribution is 6.15. The van der Waals surface area contributed by atoms with Gasteiger partial charge >= 0.3 is 17.8 Å². The Hall–Kier alpha value is -2.57. The average Bonchev–Trinajstić information content (AvgIpc) is 2.62. The molecule has 0 unspecified atom stereocenters. The summed E-state index contributed by atoms with van der Waals surface area (Å²) in [5, 5.41) is 0. The van der Waals surface area contributed by atoms with E-state index >= 15 is 0 Å². The van der Waals surface area contributed by atoms with Gasteiger partial charge in [0.1, 0.15) is 18.8 Å². The summed E-state index contributed by atoms with van der Waals surface area (Å²) in [5.74, 6) is -1.10. The highest BCUT2D eigenvalue weighted by atomic mass is 16.7. The van der Waals surface area contributed by atoms with Crippen molar-refractivity contribution in [3.63, 3.8) is 0 Å². The van der Waals surface area contributed by atoms with Crippen molar-refractivity contribution < 1.29 is 33.1 Å². The van der Waals surface area contributed by atoms with Crippen LogP contribution in [0.2, 0.25) is 0 Å². The maximum Gasteiger partial charge on any atom is 0.411 e. The van der Waals surface area contributed by atoms with Gasteiger partial charge in [0.05, 0.1) is 0 Å². The SMILES string of the molecule is CCC1(CC(C)(C)C)OC(=O)C(=CCC[n+]2cccc3c2OCCO3)C(=O)O1. The number of carbonyl (C=O) groups is 2. The van der Waals surface area contributed by atoms with Crippen molar-refractivity contribution in [3.8, 4) is 11.6 Å². The summed E-state index contributed by atoms with van der Waals surface area (Å²) >= 11 is 0. The Balaban J connectivity index is 1.69. The molecule has 28 heavy (non-hydrogen) atoms. The van der Waals surface area contributed by atoms with Crippen molar-refractivity contribution in [2.75, 3.05) is 13.2 Å². The van der Waals surface area contributed by atoms with Gasteiger partial charge in [-0.3, -0.25) is 0 Å². The van der Waals surface area contributed by atoms with Crippen molar-refractivity contribution in [2.24, 2.45) is 5.41 Å². The van der Waals surface area contributed by atoms with Crippen LogP contribution in [0.3, 0.4) is 0 Å². The predicted molar refractivity (Wildman–Crippen MR) is 99.6 cm³/mol. The Morgan fingerprint density at radius 2 is 1.82 bits per heavy atom. The molecule has 152 valence electrons. The first-order chi connectivity index (χ1) is 13.2. The van der Waals surface area contributed by atoms with Gasteiger partial charge in [-0.1, -0.05) is 33.8 Å². The molecule has 2 aliphatic heterocycles. The normalized spacial score (nSPS) is 21.8. The fourth-order valence-electron chi connectivity index (χ4n) is 3.46. The van der Waals surface area contributed by atoms with Crippen LogP contribution in [0.1, 0.15) is 47.0 Å². The molecule has 0 spiro atoms. The molecule has 3 rings (SSSR count). The molecule has 0 bridgehead atoms. The largest absolute Gasteiger partial charge is 0.481 e. The average molecular weight is 390 g/mol. The van der Waals surface area contributed by atoms with Crippen LogP contribution in [0.4, 0.5) is 0 Å². The van der Waals surface area contributed by atoms with Crippen LogP contribution in [0.5, 0.6) is 11.6 Å². The number of fused-ring (bicyclic) bond motifs is 1. The van der Waals surface area contributed by atoms with Crippen LogP contribution >= 0.6 is 0 Å². The number of allylic oxidation sites excluding steroid dienone is 1. The number of esters is 2. The quantitative estimate of drug-likeness (QED) is 0.333. The molecule has 2 aliphatic rings. The third-order valence-electron chi connectivity index (χ3n) is 4.62. The third-order valence-corrected chi connectivity index (χ3v) is 4.62. The molecule has 1 fully saturated rings. The number of ether oxygens (including phenoxy) is 4. The molecule has 0 N–H and O–H groups in total. The van der Waals surface area contributed by atoms with Gasteiger partial charge in [0.2, 0.25) is 5.75 Å². The summed E-state index contributed by atoms with van der Waals surface area (Å²) in [5.41, 5.74) is -0.205. The maximum atomic E-state index is 12.5. The topological polar surface area (TPSA) is 74.9 Å². The van der Waals surface area contributed by atoms with Gasteiger partial charge in [0.15, 0.2) is 12.7 Å². The van der Waals surface area contributed by atoms with E-state index in [-0.39, 0.29) is 11.0 Å². The minimum Gasteiger partial charge on any atom is -0.481 e. The highest BCUT2D eigenvalue weighted by Crippen LogP contribution is 2.37. The fourth-order valence-corrected chi connectivity index (χ4v) is 3.46. The van der Waals surface area contributed by atoms with E-state index in [4.69, 9.17) is 18.9 Å². The lowest BCUT2D eigenvalue weighted by molar-refractivity contribution is -0.702. The fraction of sp³-hybridized carbons (Fsp3) is 0.571. The van der Waals surface area contributed by atoms with Crippen LogP contribution in [-0.4, -0.2) is 30.9 Å². The minimum absolute atomic E-state index is 0.0550. The summed E-state index contributed by atoms with van der Waals surface area (Å²) in [7, 11) is 0. The summed E-state index contributed by atoms with van der Waals surface area (Å²) in [6.45, 7) is 9.43. The lowest BCUT2D eigenvalue weighted by Gasteiger charge is -2.39. The van der Waals surface area contributed by atoms with E-state index in [1.807, 2.05) is 50.6 Å². The molecule has 7 nitrogen and oxygen atoms in total. The van der Waals surface area contributed by atoms with Gasteiger partial charge in [0, 0.05) is 25.3 Å². The molecule has 0 atom stereocenters. The maximum absolute atomic E-state index is 12.5. The summed E-state index contributed by atoms with van der Waals surface area (Å²) < 4.78 is 24.3. The summed E-state index contributed by atoms with van der Waals surface area (Å²) in [6.07, 6.45) is 4.75. The van der Waals surface area contributed by atoms with Crippen molar-refractivity contribution in [1.29, 1.82) is 0 Å². The molecular formula is C21H28NO6+. The molecule has 0 aliphatic carbocycles. The summed E-state index contributed by atoms with van der Waals surface area (Å²) in [4.78, 5) is 25.0. The van der Waals surface area contributed by atoms with Crippen LogP contribution < -0.4 is 14.0 Å². The number of aromatic nitrogens is 1. The molecule has 0 amide bonds. The zero-order chi connectivity index (χ0) is 20.4. The molecule has 0 radical (unpaired) electrons. The minimum atomic E-state index is -1.19. The van der Waals surface area contributed by atoms with E-state index in [1.165, 1.54) is 0 Å². The Labute approximate surface area is 165 Å². The second-order valence-electron chi connectivity index (χ2n) is 8.26.